The van der Waals surface area contributed by atoms with Crippen LogP contribution < -0.4 is 20.2 Å². The van der Waals surface area contributed by atoms with E-state index in [9.17, 15) is 9.59 Å². The number of nitrogens with one attached hydrogen (secondary N) is 2. The van der Waals surface area contributed by atoms with Gasteiger partial charge in [0.05, 0.1) is 23.4 Å². The number of carbonyl (C=O) groups excluding carboxylic acids is 2. The number of carbonyl (C=O) groups is 2. The van der Waals surface area contributed by atoms with E-state index in [4.69, 9.17) is 32.7 Å². The van der Waals surface area contributed by atoms with Gasteiger partial charge in [-0.25, -0.2) is 5.43 Å². The molecule has 0 aliphatic rings. The van der Waals surface area contributed by atoms with Crippen LogP contribution in [0.25, 0.3) is 0 Å². The van der Waals surface area contributed by atoms with Crippen molar-refractivity contribution in [2.45, 2.75) is 32.9 Å². The summed E-state index contributed by atoms with van der Waals surface area (Å²) in [5.74, 6) is -0.214. The first-order chi connectivity index (χ1) is 17.3. The number of hydrogen-bond acceptors (Lipinski definition) is 5. The molecule has 3 aromatic rings. The molecule has 0 atom stereocenters. The predicted molar refractivity (Wildman–Crippen MR) is 142 cm³/mol. The Morgan fingerprint density at radius 2 is 1.64 bits per heavy atom. The zero-order valence-corrected chi connectivity index (χ0v) is 21.7. The van der Waals surface area contributed by atoms with Gasteiger partial charge in [-0.2, -0.15) is 5.10 Å². The molecule has 0 saturated carbocycles. The molecule has 36 heavy (non-hydrogen) atoms. The van der Waals surface area contributed by atoms with Gasteiger partial charge in [-0.15, -0.1) is 0 Å². The van der Waals surface area contributed by atoms with Gasteiger partial charge in [0.2, 0.25) is 0 Å². The van der Waals surface area contributed by atoms with Crippen LogP contribution in [0.4, 0.5) is 0 Å². The standard InChI is InChI=1S/C27H27Cl2N3O4/c1-17(2)21-8-4-18(5-9-21)14-30-26(33)27(34)32-31-15-19-7-11-24(25(13-19)35-3)36-16-20-6-10-22(28)23(29)12-20/h4-13,15,17H,14,16H2,1-3H3,(H,30,33)(H,32,34)/b31-15-. The van der Waals surface area contributed by atoms with Gasteiger partial charge < -0.3 is 14.8 Å². The van der Waals surface area contributed by atoms with Crippen LogP contribution in [0.5, 0.6) is 11.5 Å². The smallest absolute Gasteiger partial charge is 0.329 e. The van der Waals surface area contributed by atoms with Gasteiger partial charge in [0, 0.05) is 6.54 Å². The lowest BCUT2D eigenvalue weighted by Gasteiger charge is -2.11. The highest BCUT2D eigenvalue weighted by Crippen LogP contribution is 2.29. The number of hydrogen-bond donors (Lipinski definition) is 2. The van der Waals surface area contributed by atoms with E-state index < -0.39 is 11.8 Å². The molecule has 0 unspecified atom stereocenters. The summed E-state index contributed by atoms with van der Waals surface area (Å²) in [6.07, 6.45) is 1.40. The highest BCUT2D eigenvalue weighted by atomic mass is 35.5. The van der Waals surface area contributed by atoms with Crippen LogP contribution in [-0.4, -0.2) is 25.1 Å². The fraction of sp³-hybridized carbons (Fsp3) is 0.222. The zero-order chi connectivity index (χ0) is 26.1. The minimum absolute atomic E-state index is 0.245. The lowest BCUT2D eigenvalue weighted by molar-refractivity contribution is -0.139. The Hall–Kier alpha value is -3.55. The van der Waals surface area contributed by atoms with E-state index >= 15 is 0 Å². The van der Waals surface area contributed by atoms with Crippen LogP contribution in [0.2, 0.25) is 10.0 Å². The number of halogens is 2. The van der Waals surface area contributed by atoms with E-state index in [-0.39, 0.29) is 13.2 Å². The molecule has 0 fully saturated rings. The second-order valence-electron chi connectivity index (χ2n) is 8.23. The Labute approximate surface area is 220 Å². The van der Waals surface area contributed by atoms with Crippen LogP contribution in [0, 0.1) is 0 Å². The van der Waals surface area contributed by atoms with Crippen molar-refractivity contribution in [1.29, 1.82) is 0 Å². The Morgan fingerprint density at radius 1 is 0.917 bits per heavy atom. The summed E-state index contributed by atoms with van der Waals surface area (Å²) in [6.45, 7) is 4.74. The minimum atomic E-state index is -0.862. The molecule has 188 valence electrons. The molecule has 3 rings (SSSR count). The van der Waals surface area contributed by atoms with Crippen molar-refractivity contribution >= 4 is 41.2 Å². The maximum atomic E-state index is 12.1. The molecule has 0 saturated heterocycles. The molecule has 2 amide bonds. The first-order valence-corrected chi connectivity index (χ1v) is 12.0. The summed E-state index contributed by atoms with van der Waals surface area (Å²) >= 11 is 12.0. The van der Waals surface area contributed by atoms with Gasteiger partial charge in [-0.1, -0.05) is 67.4 Å². The fourth-order valence-electron chi connectivity index (χ4n) is 3.17. The topological polar surface area (TPSA) is 89.0 Å². The summed E-state index contributed by atoms with van der Waals surface area (Å²) in [5.41, 5.74) is 5.82. The fourth-order valence-corrected chi connectivity index (χ4v) is 3.49. The number of benzene rings is 3. The average Bonchev–Trinajstić information content (AvgIpc) is 2.88. The molecule has 0 heterocycles. The van der Waals surface area contributed by atoms with Crippen molar-refractivity contribution in [3.8, 4) is 11.5 Å². The molecule has 0 spiro atoms. The molecule has 7 nitrogen and oxygen atoms in total. The molecule has 0 aliphatic carbocycles. The van der Waals surface area contributed by atoms with Gasteiger partial charge in [0.1, 0.15) is 6.61 Å². The molecule has 0 aromatic heterocycles. The van der Waals surface area contributed by atoms with Crippen LogP contribution >= 0.6 is 23.2 Å². The summed E-state index contributed by atoms with van der Waals surface area (Å²) in [7, 11) is 1.52. The number of hydrazone groups is 1. The van der Waals surface area contributed by atoms with Crippen LogP contribution in [-0.2, 0) is 22.7 Å². The molecule has 2 N–H and O–H groups in total. The maximum Gasteiger partial charge on any atom is 0.329 e. The normalized spacial score (nSPS) is 10.9. The Balaban J connectivity index is 1.51. The van der Waals surface area contributed by atoms with Crippen molar-refractivity contribution in [2.75, 3.05) is 7.11 Å². The second kappa shape index (κ2) is 13.0. The van der Waals surface area contributed by atoms with Gasteiger partial charge in [-0.3, -0.25) is 9.59 Å². The minimum Gasteiger partial charge on any atom is -0.493 e. The van der Waals surface area contributed by atoms with E-state index in [1.807, 2.05) is 30.3 Å². The number of amides is 2. The number of ether oxygens (including phenoxy) is 2. The third-order valence-electron chi connectivity index (χ3n) is 5.25. The SMILES string of the molecule is COc1cc(/C=N\NC(=O)C(=O)NCc2ccc(C(C)C)cc2)ccc1OCc1ccc(Cl)c(Cl)c1. The lowest BCUT2D eigenvalue weighted by Crippen LogP contribution is -2.37. The third-order valence-corrected chi connectivity index (χ3v) is 5.99. The highest BCUT2D eigenvalue weighted by molar-refractivity contribution is 6.42. The van der Waals surface area contributed by atoms with Crippen molar-refractivity contribution in [1.82, 2.24) is 10.7 Å². The monoisotopic (exact) mass is 527 g/mol. The quantitative estimate of drug-likeness (QED) is 0.219. The Morgan fingerprint density at radius 3 is 2.31 bits per heavy atom. The predicted octanol–water partition coefficient (Wildman–Crippen LogP) is 5.47. The first-order valence-electron chi connectivity index (χ1n) is 11.2. The van der Waals surface area contributed by atoms with Crippen molar-refractivity contribution < 1.29 is 19.1 Å². The highest BCUT2D eigenvalue weighted by Gasteiger charge is 2.12. The molecule has 0 bridgehead atoms. The number of methoxy groups -OCH3 is 1. The van der Waals surface area contributed by atoms with Gasteiger partial charge in [0.15, 0.2) is 11.5 Å². The van der Waals surface area contributed by atoms with Crippen molar-refractivity contribution in [2.24, 2.45) is 5.10 Å². The second-order valence-corrected chi connectivity index (χ2v) is 9.04. The molecular weight excluding hydrogens is 501 g/mol. The summed E-state index contributed by atoms with van der Waals surface area (Å²) < 4.78 is 11.2. The van der Waals surface area contributed by atoms with Crippen molar-refractivity contribution in [3.63, 3.8) is 0 Å². The van der Waals surface area contributed by atoms with Crippen LogP contribution in [0.3, 0.4) is 0 Å². The largest absolute Gasteiger partial charge is 0.493 e. The van der Waals surface area contributed by atoms with E-state index in [1.165, 1.54) is 18.9 Å². The van der Waals surface area contributed by atoms with Gasteiger partial charge >= 0.3 is 11.8 Å². The third kappa shape index (κ3) is 7.73. The molecule has 3 aromatic carbocycles. The van der Waals surface area contributed by atoms with E-state index in [1.54, 1.807) is 30.3 Å². The van der Waals surface area contributed by atoms with Crippen LogP contribution in [0.15, 0.2) is 65.8 Å². The lowest BCUT2D eigenvalue weighted by atomic mass is 10.0. The van der Waals surface area contributed by atoms with Gasteiger partial charge in [-0.05, 0) is 58.5 Å². The summed E-state index contributed by atoms with van der Waals surface area (Å²) in [6, 6.07) is 18.3. The summed E-state index contributed by atoms with van der Waals surface area (Å²) in [5, 5.41) is 7.36. The molecule has 0 radical (unpaired) electrons. The molecule has 9 heteroatoms. The average molecular weight is 528 g/mol. The maximum absolute atomic E-state index is 12.1. The molecular formula is C27H27Cl2N3O4. The first kappa shape index (κ1) is 27.0. The Bertz CT molecular complexity index is 1240. The van der Waals surface area contributed by atoms with E-state index in [0.717, 1.165) is 11.1 Å². The number of rotatable bonds is 9. The van der Waals surface area contributed by atoms with Crippen LogP contribution in [0.1, 0.15) is 42.0 Å². The van der Waals surface area contributed by atoms with E-state index in [2.05, 4.69) is 29.7 Å². The zero-order valence-electron chi connectivity index (χ0n) is 20.2. The van der Waals surface area contributed by atoms with Crippen molar-refractivity contribution in [3.05, 3.63) is 93.0 Å². The van der Waals surface area contributed by atoms with Gasteiger partial charge in [0.25, 0.3) is 0 Å². The van der Waals surface area contributed by atoms with E-state index in [0.29, 0.717) is 33.0 Å². The Kier molecular flexibility index (Phi) is 9.73. The number of nitrogens with zero attached hydrogens (tertiary/aromatic N) is 1. The molecule has 0 aliphatic heterocycles. The summed E-state index contributed by atoms with van der Waals surface area (Å²) in [4.78, 5) is 24.1.